The molecule has 0 aromatic heterocycles. The molecule has 1 aromatic rings. The summed E-state index contributed by atoms with van der Waals surface area (Å²) < 4.78 is 26.0. The molecule has 20 heavy (non-hydrogen) atoms. The highest BCUT2D eigenvalue weighted by Crippen LogP contribution is 2.26. The summed E-state index contributed by atoms with van der Waals surface area (Å²) >= 11 is 11.6. The maximum Gasteiger partial charge on any atom is 0.323 e. The van der Waals surface area contributed by atoms with Crippen LogP contribution in [0.15, 0.2) is 23.1 Å². The third-order valence-corrected chi connectivity index (χ3v) is 5.24. The Morgan fingerprint density at radius 2 is 1.90 bits per heavy atom. The number of aliphatic carboxylic acids is 1. The highest BCUT2D eigenvalue weighted by Gasteiger charge is 2.37. The van der Waals surface area contributed by atoms with Crippen molar-refractivity contribution in [1.82, 2.24) is 9.62 Å². The van der Waals surface area contributed by atoms with Crippen molar-refractivity contribution < 1.29 is 18.3 Å². The summed E-state index contributed by atoms with van der Waals surface area (Å²) in [6, 6.07) is 2.77. The molecule has 1 aromatic carbocycles. The van der Waals surface area contributed by atoms with Crippen LogP contribution in [0.1, 0.15) is 0 Å². The predicted octanol–water partition coefficient (Wildman–Crippen LogP) is 1.04. The summed E-state index contributed by atoms with van der Waals surface area (Å²) in [5.41, 5.74) is 0. The van der Waals surface area contributed by atoms with Crippen LogP contribution in [0.4, 0.5) is 0 Å². The molecule has 9 heteroatoms. The van der Waals surface area contributed by atoms with Crippen LogP contribution in [0.2, 0.25) is 10.0 Å². The molecule has 1 heterocycles. The van der Waals surface area contributed by atoms with Gasteiger partial charge in [0.25, 0.3) is 0 Å². The van der Waals surface area contributed by atoms with Crippen molar-refractivity contribution in [2.45, 2.75) is 10.9 Å². The highest BCUT2D eigenvalue weighted by molar-refractivity contribution is 7.89. The van der Waals surface area contributed by atoms with Crippen molar-refractivity contribution in [3.8, 4) is 0 Å². The zero-order chi connectivity index (χ0) is 14.9. The van der Waals surface area contributed by atoms with Gasteiger partial charge in [0.05, 0.1) is 4.90 Å². The summed E-state index contributed by atoms with van der Waals surface area (Å²) in [5.74, 6) is -1.20. The van der Waals surface area contributed by atoms with E-state index in [1.54, 1.807) is 0 Å². The van der Waals surface area contributed by atoms with Crippen LogP contribution in [0.25, 0.3) is 0 Å². The molecular formula is C11H12Cl2N2O4S. The van der Waals surface area contributed by atoms with Crippen molar-refractivity contribution in [3.05, 3.63) is 28.2 Å². The number of carboxylic acid groups (broad SMARTS) is 1. The van der Waals surface area contributed by atoms with Crippen LogP contribution < -0.4 is 5.32 Å². The molecule has 1 atom stereocenters. The van der Waals surface area contributed by atoms with E-state index in [4.69, 9.17) is 28.3 Å². The van der Waals surface area contributed by atoms with Gasteiger partial charge in [0.15, 0.2) is 0 Å². The average molecular weight is 339 g/mol. The lowest BCUT2D eigenvalue weighted by molar-refractivity contribution is -0.141. The van der Waals surface area contributed by atoms with E-state index in [0.29, 0.717) is 6.54 Å². The molecule has 0 aliphatic carbocycles. The lowest BCUT2D eigenvalue weighted by atomic mass is 10.2. The van der Waals surface area contributed by atoms with Gasteiger partial charge < -0.3 is 10.4 Å². The van der Waals surface area contributed by atoms with E-state index in [-0.39, 0.29) is 28.0 Å². The third-order valence-electron chi connectivity index (χ3n) is 2.92. The van der Waals surface area contributed by atoms with Crippen LogP contribution >= 0.6 is 23.2 Å². The molecule has 1 saturated heterocycles. The zero-order valence-corrected chi connectivity index (χ0v) is 12.5. The molecule has 1 aliphatic rings. The first-order chi connectivity index (χ1) is 9.32. The highest BCUT2D eigenvalue weighted by atomic mass is 35.5. The summed E-state index contributed by atoms with van der Waals surface area (Å²) in [6.45, 7) is 0.517. The predicted molar refractivity (Wildman–Crippen MR) is 74.6 cm³/mol. The van der Waals surface area contributed by atoms with E-state index in [1.165, 1.54) is 18.2 Å². The maximum atomic E-state index is 12.5. The maximum absolute atomic E-state index is 12.5. The molecule has 0 amide bonds. The van der Waals surface area contributed by atoms with Crippen LogP contribution in [0.5, 0.6) is 0 Å². The van der Waals surface area contributed by atoms with Gasteiger partial charge >= 0.3 is 5.97 Å². The van der Waals surface area contributed by atoms with E-state index in [9.17, 15) is 13.2 Å². The Balaban J connectivity index is 2.44. The normalized spacial score (nSPS) is 20.8. The fraction of sp³-hybridized carbons (Fsp3) is 0.364. The largest absolute Gasteiger partial charge is 0.480 e. The standard InChI is InChI=1S/C11H12Cl2N2O4S/c12-7-3-8(13)5-9(4-7)20(18,19)15-2-1-14-6-10(15)11(16)17/h3-5,10,14H,1-2,6H2,(H,16,17)/t10-/m0/s1. The molecule has 0 saturated carbocycles. The number of carboxylic acids is 1. The Bertz CT molecular complexity index is 615. The molecule has 2 N–H and O–H groups in total. The van der Waals surface area contributed by atoms with E-state index in [0.717, 1.165) is 4.31 Å². The van der Waals surface area contributed by atoms with Gasteiger partial charge in [0, 0.05) is 29.7 Å². The van der Waals surface area contributed by atoms with Gasteiger partial charge in [-0.25, -0.2) is 8.42 Å². The number of halogens is 2. The number of benzene rings is 1. The molecule has 0 radical (unpaired) electrons. The second-order valence-electron chi connectivity index (χ2n) is 4.28. The molecule has 6 nitrogen and oxygen atoms in total. The first-order valence-electron chi connectivity index (χ1n) is 5.74. The van der Waals surface area contributed by atoms with Crippen LogP contribution in [0, 0.1) is 0 Å². The van der Waals surface area contributed by atoms with Crippen molar-refractivity contribution in [3.63, 3.8) is 0 Å². The van der Waals surface area contributed by atoms with Crippen molar-refractivity contribution >= 4 is 39.2 Å². The summed E-state index contributed by atoms with van der Waals surface area (Å²) in [4.78, 5) is 11.1. The molecule has 1 aliphatic heterocycles. The molecule has 0 unspecified atom stereocenters. The van der Waals surface area contributed by atoms with Gasteiger partial charge in [-0.05, 0) is 18.2 Å². The molecule has 2 rings (SSSR count). The second-order valence-corrected chi connectivity index (χ2v) is 7.04. The molecule has 0 bridgehead atoms. The van der Waals surface area contributed by atoms with E-state index >= 15 is 0 Å². The van der Waals surface area contributed by atoms with E-state index in [1.807, 2.05) is 0 Å². The Labute approximate surface area is 126 Å². The Kier molecular flexibility index (Phi) is 4.55. The third kappa shape index (κ3) is 3.07. The SMILES string of the molecule is O=C(O)[C@@H]1CNCCN1S(=O)(=O)c1cc(Cl)cc(Cl)c1. The van der Waals surface area contributed by atoms with Crippen LogP contribution in [-0.4, -0.2) is 49.5 Å². The Hall–Kier alpha value is -0.860. The number of nitrogens with zero attached hydrogens (tertiary/aromatic N) is 1. The van der Waals surface area contributed by atoms with Crippen molar-refractivity contribution in [2.75, 3.05) is 19.6 Å². The fourth-order valence-corrected chi connectivity index (χ4v) is 4.31. The quantitative estimate of drug-likeness (QED) is 0.859. The first kappa shape index (κ1) is 15.5. The lowest BCUT2D eigenvalue weighted by Crippen LogP contribution is -2.56. The number of sulfonamides is 1. The number of nitrogens with one attached hydrogen (secondary N) is 1. The van der Waals surface area contributed by atoms with Gasteiger partial charge in [-0.15, -0.1) is 0 Å². The number of piperazine rings is 1. The average Bonchev–Trinajstić information content (AvgIpc) is 2.37. The Morgan fingerprint density at radius 1 is 1.30 bits per heavy atom. The van der Waals surface area contributed by atoms with E-state index in [2.05, 4.69) is 5.32 Å². The second kappa shape index (κ2) is 5.87. The minimum atomic E-state index is -3.96. The van der Waals surface area contributed by atoms with Crippen molar-refractivity contribution in [2.24, 2.45) is 0 Å². The van der Waals surface area contributed by atoms with Crippen molar-refractivity contribution in [1.29, 1.82) is 0 Å². The molecule has 1 fully saturated rings. The van der Waals surface area contributed by atoms with Gasteiger partial charge in [0.1, 0.15) is 6.04 Å². The van der Waals surface area contributed by atoms with Crippen LogP contribution in [0.3, 0.4) is 0 Å². The van der Waals surface area contributed by atoms with Gasteiger partial charge in [-0.2, -0.15) is 4.31 Å². The topological polar surface area (TPSA) is 86.7 Å². The summed E-state index contributed by atoms with van der Waals surface area (Å²) in [5, 5.41) is 12.3. The zero-order valence-electron chi connectivity index (χ0n) is 10.2. The fourth-order valence-electron chi connectivity index (χ4n) is 2.00. The molecular weight excluding hydrogens is 327 g/mol. The Morgan fingerprint density at radius 3 is 2.45 bits per heavy atom. The number of carbonyl (C=O) groups is 1. The van der Waals surface area contributed by atoms with E-state index < -0.39 is 22.0 Å². The van der Waals surface area contributed by atoms with Gasteiger partial charge in [-0.3, -0.25) is 4.79 Å². The smallest absolute Gasteiger partial charge is 0.323 e. The summed E-state index contributed by atoms with van der Waals surface area (Å²) in [7, 11) is -3.96. The molecule has 110 valence electrons. The number of hydrogen-bond acceptors (Lipinski definition) is 4. The van der Waals surface area contributed by atoms with Gasteiger partial charge in [-0.1, -0.05) is 23.2 Å². The number of rotatable bonds is 3. The minimum Gasteiger partial charge on any atom is -0.480 e. The lowest BCUT2D eigenvalue weighted by Gasteiger charge is -2.32. The monoisotopic (exact) mass is 338 g/mol. The number of hydrogen-bond donors (Lipinski definition) is 2. The minimum absolute atomic E-state index is 0.0584. The van der Waals surface area contributed by atoms with Gasteiger partial charge in [0.2, 0.25) is 10.0 Å². The molecule has 0 spiro atoms. The van der Waals surface area contributed by atoms with Crippen LogP contribution in [-0.2, 0) is 14.8 Å². The first-order valence-corrected chi connectivity index (χ1v) is 7.93. The summed E-state index contributed by atoms with van der Waals surface area (Å²) in [6.07, 6.45) is 0.